The van der Waals surface area contributed by atoms with Crippen LogP contribution < -0.4 is 43.2 Å². The molecule has 0 unspecified atom stereocenters. The van der Waals surface area contributed by atoms with Crippen molar-refractivity contribution in [3.8, 4) is 0 Å². The Labute approximate surface area is 251 Å². The molecule has 15 nitrogen and oxygen atoms in total. The Bertz CT molecular complexity index is 1400. The Kier molecular flexibility index (Phi) is 13.6. The summed E-state index contributed by atoms with van der Waals surface area (Å²) in [6.07, 6.45) is 1.43. The van der Waals surface area contributed by atoms with Gasteiger partial charge in [-0.1, -0.05) is 30.7 Å². The summed E-state index contributed by atoms with van der Waals surface area (Å²) in [6, 6.07) is 6.25. The predicted octanol–water partition coefficient (Wildman–Crippen LogP) is -1.82. The summed E-state index contributed by atoms with van der Waals surface area (Å²) < 4.78 is 29.7. The van der Waals surface area contributed by atoms with Crippen molar-refractivity contribution in [2.24, 2.45) is 27.9 Å². The van der Waals surface area contributed by atoms with Crippen LogP contribution in [0.1, 0.15) is 32.1 Å². The molecule has 238 valence electrons. The van der Waals surface area contributed by atoms with Gasteiger partial charge in [-0.05, 0) is 44.4 Å². The molecule has 12 N–H and O–H groups in total. The van der Waals surface area contributed by atoms with Crippen molar-refractivity contribution in [3.63, 3.8) is 0 Å². The van der Waals surface area contributed by atoms with Gasteiger partial charge in [0.1, 0.15) is 18.1 Å². The van der Waals surface area contributed by atoms with Gasteiger partial charge in [0.15, 0.2) is 5.96 Å². The molecular formula is C27H43N9O6S. The van der Waals surface area contributed by atoms with E-state index < -0.39 is 52.5 Å². The first-order chi connectivity index (χ1) is 20.3. The van der Waals surface area contributed by atoms with Gasteiger partial charge in [-0.2, -0.15) is 4.72 Å². The molecule has 0 aliphatic rings. The smallest absolute Gasteiger partial charge is 0.245 e. The van der Waals surface area contributed by atoms with Crippen molar-refractivity contribution < 1.29 is 27.9 Å². The first-order valence-corrected chi connectivity index (χ1v) is 15.3. The van der Waals surface area contributed by atoms with E-state index in [1.54, 1.807) is 24.3 Å². The fourth-order valence-corrected chi connectivity index (χ4v) is 5.86. The van der Waals surface area contributed by atoms with E-state index in [0.29, 0.717) is 36.6 Å². The van der Waals surface area contributed by atoms with Gasteiger partial charge in [-0.25, -0.2) is 8.42 Å². The molecule has 2 aromatic carbocycles. The number of sulfonamides is 1. The third kappa shape index (κ3) is 10.3. The number of hydrogen-bond donors (Lipinski definition) is 8. The van der Waals surface area contributed by atoms with Gasteiger partial charge >= 0.3 is 0 Å². The number of rotatable bonds is 18. The third-order valence-electron chi connectivity index (χ3n) is 6.61. The lowest BCUT2D eigenvalue weighted by Gasteiger charge is -2.24. The topological polar surface area (TPSA) is 261 Å². The molecule has 0 heterocycles. The number of nitrogens with zero attached hydrogens (tertiary/aromatic N) is 2. The lowest BCUT2D eigenvalue weighted by Crippen LogP contribution is -2.57. The van der Waals surface area contributed by atoms with E-state index in [2.05, 4.69) is 20.3 Å². The van der Waals surface area contributed by atoms with Crippen LogP contribution in [-0.2, 0) is 24.4 Å². The van der Waals surface area contributed by atoms with Crippen molar-refractivity contribution in [3.05, 3.63) is 36.4 Å². The molecular weight excluding hydrogens is 578 g/mol. The van der Waals surface area contributed by atoms with Gasteiger partial charge in [0.2, 0.25) is 27.7 Å². The molecule has 3 atom stereocenters. The van der Waals surface area contributed by atoms with Crippen molar-refractivity contribution in [1.82, 2.24) is 15.4 Å². The highest BCUT2D eigenvalue weighted by atomic mass is 32.2. The van der Waals surface area contributed by atoms with Crippen LogP contribution in [0.5, 0.6) is 0 Å². The Balaban J connectivity index is 2.26. The zero-order valence-electron chi connectivity index (χ0n) is 24.5. The number of aliphatic hydroxyl groups excluding tert-OH is 1. The van der Waals surface area contributed by atoms with Gasteiger partial charge in [-0.3, -0.25) is 19.4 Å². The molecule has 2 aromatic rings. The van der Waals surface area contributed by atoms with Crippen LogP contribution in [0.15, 0.2) is 46.3 Å². The van der Waals surface area contributed by atoms with Gasteiger partial charge < -0.3 is 43.6 Å². The minimum Gasteiger partial charge on any atom is -0.394 e. The maximum Gasteiger partial charge on any atom is 0.245 e. The molecule has 0 aliphatic heterocycles. The first-order valence-electron chi connectivity index (χ1n) is 13.8. The Morgan fingerprint density at radius 1 is 0.884 bits per heavy atom. The van der Waals surface area contributed by atoms with Crippen LogP contribution in [-0.4, -0.2) is 89.1 Å². The van der Waals surface area contributed by atoms with E-state index in [0.717, 1.165) is 5.69 Å². The summed E-state index contributed by atoms with van der Waals surface area (Å²) in [6.45, 7) is -0.299. The quantitative estimate of drug-likeness (QED) is 0.0525. The maximum absolute atomic E-state index is 13.6. The summed E-state index contributed by atoms with van der Waals surface area (Å²) in [5, 5.41) is 15.8. The van der Waals surface area contributed by atoms with Crippen LogP contribution in [0.4, 0.5) is 5.69 Å². The largest absolute Gasteiger partial charge is 0.394 e. The highest BCUT2D eigenvalue weighted by Gasteiger charge is 2.31. The lowest BCUT2D eigenvalue weighted by atomic mass is 10.1. The first kappa shape index (κ1) is 35.2. The zero-order valence-corrected chi connectivity index (χ0v) is 25.3. The van der Waals surface area contributed by atoms with E-state index in [9.17, 15) is 27.9 Å². The number of nitrogens with two attached hydrogens (primary N) is 4. The van der Waals surface area contributed by atoms with Crippen LogP contribution in [0, 0.1) is 0 Å². The van der Waals surface area contributed by atoms with E-state index in [-0.39, 0.29) is 30.2 Å². The molecule has 0 fully saturated rings. The number of hydrogen-bond acceptors (Lipinski definition) is 9. The molecule has 43 heavy (non-hydrogen) atoms. The fraction of sp³-hybridized carbons (Fsp3) is 0.481. The van der Waals surface area contributed by atoms with Gasteiger partial charge in [0.05, 0.1) is 11.5 Å². The number of aliphatic hydroxyl groups is 1. The number of guanidine groups is 1. The second-order valence-corrected chi connectivity index (χ2v) is 11.8. The number of carbonyl (C=O) groups excluding carboxylic acids is 3. The third-order valence-corrected chi connectivity index (χ3v) is 8.14. The summed E-state index contributed by atoms with van der Waals surface area (Å²) in [7, 11) is -0.545. The van der Waals surface area contributed by atoms with Gasteiger partial charge in [0.25, 0.3) is 0 Å². The molecule has 2 rings (SSSR count). The number of amides is 3. The molecule has 3 amide bonds. The summed E-state index contributed by atoms with van der Waals surface area (Å²) >= 11 is 0. The van der Waals surface area contributed by atoms with E-state index in [1.807, 2.05) is 25.1 Å². The maximum atomic E-state index is 13.6. The molecule has 16 heteroatoms. The molecule has 0 aromatic heterocycles. The second kappa shape index (κ2) is 16.6. The summed E-state index contributed by atoms with van der Waals surface area (Å²) in [5.74, 6) is -2.68. The highest BCUT2D eigenvalue weighted by Crippen LogP contribution is 2.30. The SMILES string of the molecule is CN(C)c1cccc2c(S(=O)(=O)N[C@@H](CCCCN)C(=O)N[C@@H](CO)C(=O)N[C@@H](CCCN=C(N)N)C(N)=O)cccc12. The molecule has 0 aliphatic carbocycles. The van der Waals surface area contributed by atoms with Crippen molar-refractivity contribution in [2.75, 3.05) is 38.7 Å². The van der Waals surface area contributed by atoms with Crippen LogP contribution in [0.2, 0.25) is 0 Å². The van der Waals surface area contributed by atoms with Gasteiger partial charge in [0, 0.05) is 37.1 Å². The minimum absolute atomic E-state index is 0.0215. The minimum atomic E-state index is -4.24. The average Bonchev–Trinajstić information content (AvgIpc) is 2.95. The van der Waals surface area contributed by atoms with Crippen LogP contribution in [0.25, 0.3) is 10.8 Å². The van der Waals surface area contributed by atoms with E-state index in [4.69, 9.17) is 22.9 Å². The van der Waals surface area contributed by atoms with Crippen molar-refractivity contribution in [1.29, 1.82) is 0 Å². The standard InChI is InChI=1S/C27H43N9O6S/c1-36(2)22-12-5-9-18-17(22)8-6-13-23(18)43(41,42)35-20(10-3-4-14-28)25(39)34-21(16-37)26(40)33-19(24(29)38)11-7-15-32-27(30)31/h5-6,8-9,12-13,19-21,35,37H,3-4,7,10-11,14-16,28H2,1-2H3,(H2,29,38)(H,33,40)(H,34,39)(H4,30,31,32)/t19-,20-,21-/m0/s1. The number of unbranched alkanes of at least 4 members (excludes halogenated alkanes) is 1. The Morgan fingerprint density at radius 2 is 1.49 bits per heavy atom. The highest BCUT2D eigenvalue weighted by molar-refractivity contribution is 7.89. The van der Waals surface area contributed by atoms with Crippen LogP contribution >= 0.6 is 0 Å². The van der Waals surface area contributed by atoms with Crippen molar-refractivity contribution >= 4 is 50.2 Å². The molecule has 0 saturated heterocycles. The fourth-order valence-electron chi connectivity index (χ4n) is 4.40. The Morgan fingerprint density at radius 3 is 2.09 bits per heavy atom. The lowest BCUT2D eigenvalue weighted by molar-refractivity contribution is -0.132. The number of primary amides is 1. The zero-order chi connectivity index (χ0) is 32.2. The van der Waals surface area contributed by atoms with Crippen LogP contribution in [0.3, 0.4) is 0 Å². The van der Waals surface area contributed by atoms with E-state index >= 15 is 0 Å². The second-order valence-electron chi connectivity index (χ2n) is 10.1. The molecule has 0 spiro atoms. The molecule has 0 radical (unpaired) electrons. The number of fused-ring (bicyclic) bond motifs is 1. The number of carbonyl (C=O) groups is 3. The van der Waals surface area contributed by atoms with Crippen molar-refractivity contribution in [2.45, 2.75) is 55.1 Å². The summed E-state index contributed by atoms with van der Waals surface area (Å²) in [4.78, 5) is 43.7. The average molecular weight is 622 g/mol. The van der Waals surface area contributed by atoms with E-state index in [1.165, 1.54) is 6.07 Å². The Hall–Kier alpha value is -3.99. The normalized spacial score (nSPS) is 13.5. The molecule has 0 saturated carbocycles. The summed E-state index contributed by atoms with van der Waals surface area (Å²) in [5.41, 5.74) is 22.4. The van der Waals surface area contributed by atoms with Gasteiger partial charge in [-0.15, -0.1) is 0 Å². The number of nitrogens with one attached hydrogen (secondary N) is 3. The predicted molar refractivity (Wildman–Crippen MR) is 165 cm³/mol. The monoisotopic (exact) mass is 621 g/mol. The number of anilines is 1. The number of aliphatic imine (C=N–C) groups is 1. The molecule has 0 bridgehead atoms. The number of benzene rings is 2.